The van der Waals surface area contributed by atoms with Gasteiger partial charge in [-0.05, 0) is 48.6 Å². The van der Waals surface area contributed by atoms with Gasteiger partial charge >= 0.3 is 0 Å². The van der Waals surface area contributed by atoms with Gasteiger partial charge < -0.3 is 5.32 Å². The fraction of sp³-hybridized carbons (Fsp3) is 0.381. The van der Waals surface area contributed by atoms with Crippen molar-refractivity contribution < 1.29 is 13.2 Å². The summed E-state index contributed by atoms with van der Waals surface area (Å²) in [6, 6.07) is 16.2. The van der Waals surface area contributed by atoms with E-state index < -0.39 is 10.0 Å². The van der Waals surface area contributed by atoms with Crippen molar-refractivity contribution in [3.05, 3.63) is 65.2 Å². The van der Waals surface area contributed by atoms with Crippen LogP contribution in [0.3, 0.4) is 0 Å². The van der Waals surface area contributed by atoms with Crippen molar-refractivity contribution in [3.8, 4) is 0 Å². The van der Waals surface area contributed by atoms with Gasteiger partial charge in [0.25, 0.3) is 0 Å². The summed E-state index contributed by atoms with van der Waals surface area (Å²) >= 11 is 5.84. The van der Waals surface area contributed by atoms with Gasteiger partial charge in [-0.2, -0.15) is 4.31 Å². The van der Waals surface area contributed by atoms with E-state index in [0.717, 1.165) is 0 Å². The molecule has 0 spiro atoms. The number of carbonyl (C=O) groups is 1. The number of hydrogen-bond acceptors (Lipinski definition) is 3. The van der Waals surface area contributed by atoms with Crippen molar-refractivity contribution >= 4 is 27.5 Å². The van der Waals surface area contributed by atoms with Gasteiger partial charge in [0.05, 0.1) is 4.90 Å². The topological polar surface area (TPSA) is 66.5 Å². The number of nitrogens with one attached hydrogen (secondary N) is 1. The summed E-state index contributed by atoms with van der Waals surface area (Å²) in [5.74, 6) is 0.0847. The van der Waals surface area contributed by atoms with Gasteiger partial charge in [-0.1, -0.05) is 48.9 Å². The number of piperidine rings is 1. The molecule has 0 radical (unpaired) electrons. The summed E-state index contributed by atoms with van der Waals surface area (Å²) in [5.41, 5.74) is 1.19. The number of rotatable bonds is 6. The maximum absolute atomic E-state index is 12.7. The largest absolute Gasteiger partial charge is 0.355 e. The molecule has 0 bridgehead atoms. The maximum atomic E-state index is 12.7. The SMILES string of the molecule is CC(CNC(=O)C1CCN(S(=O)(=O)c2ccc(Cl)cc2)CC1)c1ccccc1. The number of halogens is 1. The van der Waals surface area contributed by atoms with Crippen LogP contribution in [0.1, 0.15) is 31.2 Å². The molecule has 1 saturated heterocycles. The Labute approximate surface area is 171 Å². The molecule has 1 aliphatic rings. The van der Waals surface area contributed by atoms with E-state index in [1.54, 1.807) is 12.1 Å². The Kier molecular flexibility index (Phi) is 6.75. The highest BCUT2D eigenvalue weighted by atomic mass is 35.5. The lowest BCUT2D eigenvalue weighted by molar-refractivity contribution is -0.126. The van der Waals surface area contributed by atoms with E-state index in [1.807, 2.05) is 18.2 Å². The molecule has 1 unspecified atom stereocenters. The summed E-state index contributed by atoms with van der Waals surface area (Å²) in [4.78, 5) is 12.7. The molecule has 28 heavy (non-hydrogen) atoms. The molecule has 1 fully saturated rings. The van der Waals surface area contributed by atoms with Crippen LogP contribution in [-0.2, 0) is 14.8 Å². The molecule has 7 heteroatoms. The van der Waals surface area contributed by atoms with E-state index in [4.69, 9.17) is 11.6 Å². The smallest absolute Gasteiger partial charge is 0.243 e. The van der Waals surface area contributed by atoms with Gasteiger partial charge in [-0.25, -0.2) is 8.42 Å². The zero-order valence-electron chi connectivity index (χ0n) is 15.8. The third-order valence-electron chi connectivity index (χ3n) is 5.23. The van der Waals surface area contributed by atoms with Crippen molar-refractivity contribution in [2.24, 2.45) is 5.92 Å². The molecule has 1 amide bonds. The molecule has 1 heterocycles. The van der Waals surface area contributed by atoms with Gasteiger partial charge in [0.2, 0.25) is 15.9 Å². The summed E-state index contributed by atoms with van der Waals surface area (Å²) < 4.78 is 26.9. The van der Waals surface area contributed by atoms with Crippen LogP contribution in [-0.4, -0.2) is 38.3 Å². The molecule has 150 valence electrons. The second kappa shape index (κ2) is 9.07. The van der Waals surface area contributed by atoms with Gasteiger partial charge in [0, 0.05) is 30.6 Å². The van der Waals surface area contributed by atoms with E-state index in [2.05, 4.69) is 24.4 Å². The second-order valence-corrected chi connectivity index (χ2v) is 9.56. The molecule has 5 nitrogen and oxygen atoms in total. The highest BCUT2D eigenvalue weighted by Crippen LogP contribution is 2.25. The van der Waals surface area contributed by atoms with Gasteiger partial charge in [-0.15, -0.1) is 0 Å². The lowest BCUT2D eigenvalue weighted by Gasteiger charge is -2.30. The molecule has 2 aromatic rings. The maximum Gasteiger partial charge on any atom is 0.243 e. The van der Waals surface area contributed by atoms with Crippen molar-refractivity contribution in [1.29, 1.82) is 0 Å². The van der Waals surface area contributed by atoms with Crippen LogP contribution < -0.4 is 5.32 Å². The Morgan fingerprint density at radius 1 is 1.11 bits per heavy atom. The molecule has 0 saturated carbocycles. The van der Waals surface area contributed by atoms with Crippen LogP contribution in [0.2, 0.25) is 5.02 Å². The van der Waals surface area contributed by atoms with Crippen LogP contribution in [0.5, 0.6) is 0 Å². The fourth-order valence-electron chi connectivity index (χ4n) is 3.41. The van der Waals surface area contributed by atoms with Crippen molar-refractivity contribution in [3.63, 3.8) is 0 Å². The predicted octanol–water partition coefficient (Wildman–Crippen LogP) is 3.66. The Morgan fingerprint density at radius 3 is 2.32 bits per heavy atom. The number of benzene rings is 2. The van der Waals surface area contributed by atoms with Gasteiger partial charge in [0.15, 0.2) is 0 Å². The number of hydrogen-bond donors (Lipinski definition) is 1. The molecule has 1 N–H and O–H groups in total. The lowest BCUT2D eigenvalue weighted by Crippen LogP contribution is -2.43. The lowest BCUT2D eigenvalue weighted by atomic mass is 9.96. The first-order valence-corrected chi connectivity index (χ1v) is 11.3. The molecule has 3 rings (SSSR count). The number of amides is 1. The van der Waals surface area contributed by atoms with Crippen molar-refractivity contribution in [2.75, 3.05) is 19.6 Å². The number of carbonyl (C=O) groups excluding carboxylic acids is 1. The van der Waals surface area contributed by atoms with Crippen LogP contribution in [0.25, 0.3) is 0 Å². The fourth-order valence-corrected chi connectivity index (χ4v) is 5.01. The second-order valence-electron chi connectivity index (χ2n) is 7.19. The van der Waals surface area contributed by atoms with Crippen LogP contribution in [0, 0.1) is 5.92 Å². The normalized spacial score (nSPS) is 17.2. The summed E-state index contributed by atoms with van der Waals surface area (Å²) in [5, 5.41) is 3.52. The Bertz CT molecular complexity index is 893. The van der Waals surface area contributed by atoms with Crippen LogP contribution >= 0.6 is 11.6 Å². The first-order chi connectivity index (χ1) is 13.4. The van der Waals surface area contributed by atoms with Gasteiger partial charge in [0.1, 0.15) is 0 Å². The van der Waals surface area contributed by atoms with Crippen LogP contribution in [0.4, 0.5) is 0 Å². The zero-order valence-corrected chi connectivity index (χ0v) is 17.4. The average molecular weight is 421 g/mol. The summed E-state index contributed by atoms with van der Waals surface area (Å²) in [6.07, 6.45) is 1.05. The summed E-state index contributed by atoms with van der Waals surface area (Å²) in [6.45, 7) is 3.34. The molecule has 0 aliphatic carbocycles. The van der Waals surface area contributed by atoms with Crippen molar-refractivity contribution in [1.82, 2.24) is 9.62 Å². The third kappa shape index (κ3) is 4.93. The quantitative estimate of drug-likeness (QED) is 0.775. The predicted molar refractivity (Wildman–Crippen MR) is 111 cm³/mol. The third-order valence-corrected chi connectivity index (χ3v) is 7.39. The number of nitrogens with zero attached hydrogens (tertiary/aromatic N) is 1. The minimum Gasteiger partial charge on any atom is -0.355 e. The number of sulfonamides is 1. The Balaban J connectivity index is 1.52. The first kappa shape index (κ1) is 20.8. The average Bonchev–Trinajstić information content (AvgIpc) is 2.73. The minimum absolute atomic E-state index is 0.00585. The molecular formula is C21H25ClN2O3S. The zero-order chi connectivity index (χ0) is 20.1. The molecule has 1 atom stereocenters. The summed E-state index contributed by atoms with van der Waals surface area (Å²) in [7, 11) is -3.55. The standard InChI is InChI=1S/C21H25ClN2O3S/c1-16(17-5-3-2-4-6-17)15-23-21(25)18-11-13-24(14-12-18)28(26,27)20-9-7-19(22)8-10-20/h2-10,16,18H,11-15H2,1H3,(H,23,25). The minimum atomic E-state index is -3.55. The van der Waals surface area contributed by atoms with E-state index in [-0.39, 0.29) is 22.6 Å². The first-order valence-electron chi connectivity index (χ1n) is 9.46. The van der Waals surface area contributed by atoms with Crippen molar-refractivity contribution in [2.45, 2.75) is 30.6 Å². The molecular weight excluding hydrogens is 396 g/mol. The van der Waals surface area contributed by atoms with Crippen LogP contribution in [0.15, 0.2) is 59.5 Å². The monoisotopic (exact) mass is 420 g/mol. The van der Waals surface area contributed by atoms with E-state index in [1.165, 1.54) is 22.0 Å². The molecule has 0 aromatic heterocycles. The highest BCUT2D eigenvalue weighted by molar-refractivity contribution is 7.89. The van der Waals surface area contributed by atoms with Gasteiger partial charge in [-0.3, -0.25) is 4.79 Å². The Morgan fingerprint density at radius 2 is 1.71 bits per heavy atom. The molecule has 1 aliphatic heterocycles. The van der Waals surface area contributed by atoms with E-state index in [9.17, 15) is 13.2 Å². The highest BCUT2D eigenvalue weighted by Gasteiger charge is 2.32. The van der Waals surface area contributed by atoms with E-state index in [0.29, 0.717) is 37.5 Å². The Hall–Kier alpha value is -1.89. The molecule has 2 aromatic carbocycles. The van der Waals surface area contributed by atoms with E-state index >= 15 is 0 Å².